The number of benzene rings is 1. The van der Waals surface area contributed by atoms with Crippen molar-refractivity contribution in [2.45, 2.75) is 39.8 Å². The number of rotatable bonds is 12. The summed E-state index contributed by atoms with van der Waals surface area (Å²) in [4.78, 5) is 9.04. The first-order valence-electron chi connectivity index (χ1n) is 11.0. The van der Waals surface area contributed by atoms with Gasteiger partial charge >= 0.3 is 0 Å². The molecule has 1 aromatic heterocycles. The van der Waals surface area contributed by atoms with E-state index < -0.39 is 0 Å². The van der Waals surface area contributed by atoms with Gasteiger partial charge in [-0.15, -0.1) is 0 Å². The molecular formula is C24H34N4O3. The molecule has 7 heteroatoms. The maximum absolute atomic E-state index is 6.09. The largest absolute Gasteiger partial charge is 0.493 e. The Kier molecular flexibility index (Phi) is 8.97. The van der Waals surface area contributed by atoms with Crippen LogP contribution in [0.1, 0.15) is 36.5 Å². The molecule has 1 saturated carbocycles. The summed E-state index contributed by atoms with van der Waals surface area (Å²) in [5, 5.41) is 6.72. The van der Waals surface area contributed by atoms with Gasteiger partial charge in [0.2, 0.25) is 5.88 Å². The fraction of sp³-hybridized carbons (Fsp3) is 0.500. The van der Waals surface area contributed by atoms with Crippen LogP contribution in [0.15, 0.2) is 41.5 Å². The third-order valence-corrected chi connectivity index (χ3v) is 4.97. The second-order valence-corrected chi connectivity index (χ2v) is 7.72. The summed E-state index contributed by atoms with van der Waals surface area (Å²) in [6.45, 7) is 7.79. The Morgan fingerprint density at radius 3 is 2.77 bits per heavy atom. The van der Waals surface area contributed by atoms with Gasteiger partial charge in [0.25, 0.3) is 0 Å². The highest BCUT2D eigenvalue weighted by atomic mass is 16.5. The SMILES string of the molecule is CCNC(=NCc1cccnc1OCCOC)NCc1ccc(C)cc1OCC1CC1. The van der Waals surface area contributed by atoms with Gasteiger partial charge in [-0.25, -0.2) is 9.98 Å². The summed E-state index contributed by atoms with van der Waals surface area (Å²) in [6.07, 6.45) is 4.28. The van der Waals surface area contributed by atoms with Crippen molar-refractivity contribution in [3.05, 3.63) is 53.2 Å². The van der Waals surface area contributed by atoms with Crippen molar-refractivity contribution in [3.63, 3.8) is 0 Å². The van der Waals surface area contributed by atoms with Crippen LogP contribution in [-0.2, 0) is 17.8 Å². The molecule has 0 spiro atoms. The lowest BCUT2D eigenvalue weighted by atomic mass is 10.1. The van der Waals surface area contributed by atoms with Crippen molar-refractivity contribution < 1.29 is 14.2 Å². The van der Waals surface area contributed by atoms with Crippen LogP contribution >= 0.6 is 0 Å². The van der Waals surface area contributed by atoms with Gasteiger partial charge in [-0.3, -0.25) is 0 Å². The maximum atomic E-state index is 6.09. The van der Waals surface area contributed by atoms with E-state index in [0.717, 1.165) is 41.9 Å². The number of aromatic nitrogens is 1. The lowest BCUT2D eigenvalue weighted by Crippen LogP contribution is -2.36. The summed E-state index contributed by atoms with van der Waals surface area (Å²) in [6, 6.07) is 10.2. The summed E-state index contributed by atoms with van der Waals surface area (Å²) in [5.74, 6) is 3.01. The smallest absolute Gasteiger partial charge is 0.218 e. The van der Waals surface area contributed by atoms with E-state index in [1.807, 2.05) is 12.1 Å². The zero-order valence-corrected chi connectivity index (χ0v) is 18.8. The van der Waals surface area contributed by atoms with Crippen LogP contribution in [0.25, 0.3) is 0 Å². The molecule has 0 radical (unpaired) electrons. The molecule has 1 aromatic carbocycles. The predicted octanol–water partition coefficient (Wildman–Crippen LogP) is 3.46. The van der Waals surface area contributed by atoms with Gasteiger partial charge in [0.05, 0.1) is 19.8 Å². The van der Waals surface area contributed by atoms with Gasteiger partial charge in [-0.2, -0.15) is 0 Å². The molecule has 2 aromatic rings. The van der Waals surface area contributed by atoms with Gasteiger partial charge in [-0.05, 0) is 50.3 Å². The second kappa shape index (κ2) is 12.2. The van der Waals surface area contributed by atoms with E-state index in [9.17, 15) is 0 Å². The van der Waals surface area contributed by atoms with E-state index in [4.69, 9.17) is 19.2 Å². The zero-order chi connectivity index (χ0) is 21.9. The monoisotopic (exact) mass is 426 g/mol. The molecule has 168 valence electrons. The number of nitrogens with one attached hydrogen (secondary N) is 2. The molecule has 1 heterocycles. The molecule has 1 fully saturated rings. The van der Waals surface area contributed by atoms with Gasteiger partial charge in [0, 0.05) is 37.5 Å². The summed E-state index contributed by atoms with van der Waals surface area (Å²) in [5.41, 5.74) is 3.26. The van der Waals surface area contributed by atoms with E-state index in [-0.39, 0.29) is 0 Å². The Bertz CT molecular complexity index is 852. The zero-order valence-electron chi connectivity index (χ0n) is 18.8. The molecule has 0 unspecified atom stereocenters. The third kappa shape index (κ3) is 7.75. The van der Waals surface area contributed by atoms with Crippen molar-refractivity contribution in [2.24, 2.45) is 10.9 Å². The van der Waals surface area contributed by atoms with Crippen LogP contribution < -0.4 is 20.1 Å². The molecule has 0 amide bonds. The first-order valence-corrected chi connectivity index (χ1v) is 11.0. The molecule has 7 nitrogen and oxygen atoms in total. The number of hydrogen-bond donors (Lipinski definition) is 2. The van der Waals surface area contributed by atoms with E-state index in [1.54, 1.807) is 13.3 Å². The fourth-order valence-corrected chi connectivity index (χ4v) is 3.02. The van der Waals surface area contributed by atoms with Crippen LogP contribution in [-0.4, -0.2) is 44.4 Å². The van der Waals surface area contributed by atoms with Crippen molar-refractivity contribution in [1.29, 1.82) is 0 Å². The van der Waals surface area contributed by atoms with Gasteiger partial charge < -0.3 is 24.8 Å². The van der Waals surface area contributed by atoms with Crippen LogP contribution in [0.5, 0.6) is 11.6 Å². The topological polar surface area (TPSA) is 77.0 Å². The highest BCUT2D eigenvalue weighted by molar-refractivity contribution is 5.79. The predicted molar refractivity (Wildman–Crippen MR) is 123 cm³/mol. The number of ether oxygens (including phenoxy) is 3. The second-order valence-electron chi connectivity index (χ2n) is 7.72. The average Bonchev–Trinajstić information content (AvgIpc) is 3.60. The number of aliphatic imine (C=N–C) groups is 1. The van der Waals surface area contributed by atoms with Crippen molar-refractivity contribution >= 4 is 5.96 Å². The third-order valence-electron chi connectivity index (χ3n) is 4.97. The maximum Gasteiger partial charge on any atom is 0.218 e. The normalized spacial score (nSPS) is 13.7. The number of pyridine rings is 1. The molecule has 1 aliphatic carbocycles. The first kappa shape index (κ1) is 22.9. The Labute approximate surface area is 185 Å². The van der Waals surface area contributed by atoms with E-state index in [1.165, 1.54) is 18.4 Å². The van der Waals surface area contributed by atoms with Crippen LogP contribution in [0.2, 0.25) is 0 Å². The molecule has 0 saturated heterocycles. The van der Waals surface area contributed by atoms with E-state index in [0.29, 0.717) is 32.2 Å². The fourth-order valence-electron chi connectivity index (χ4n) is 3.02. The Hall–Kier alpha value is -2.80. The number of aryl methyl sites for hydroxylation is 1. The minimum Gasteiger partial charge on any atom is -0.493 e. The minimum absolute atomic E-state index is 0.458. The molecule has 0 atom stereocenters. The van der Waals surface area contributed by atoms with Crippen LogP contribution in [0, 0.1) is 12.8 Å². The lowest BCUT2D eigenvalue weighted by molar-refractivity contribution is 0.143. The van der Waals surface area contributed by atoms with Gasteiger partial charge in [0.1, 0.15) is 12.4 Å². The molecule has 1 aliphatic rings. The van der Waals surface area contributed by atoms with Gasteiger partial charge in [0.15, 0.2) is 5.96 Å². The highest BCUT2D eigenvalue weighted by Gasteiger charge is 2.22. The molecule has 2 N–H and O–H groups in total. The van der Waals surface area contributed by atoms with E-state index in [2.05, 4.69) is 47.7 Å². The quantitative estimate of drug-likeness (QED) is 0.308. The number of hydrogen-bond acceptors (Lipinski definition) is 5. The first-order chi connectivity index (χ1) is 15.2. The molecule has 0 bridgehead atoms. The highest BCUT2D eigenvalue weighted by Crippen LogP contribution is 2.30. The van der Waals surface area contributed by atoms with E-state index >= 15 is 0 Å². The van der Waals surface area contributed by atoms with Crippen LogP contribution in [0.4, 0.5) is 0 Å². The van der Waals surface area contributed by atoms with Crippen molar-refractivity contribution in [3.8, 4) is 11.6 Å². The molecule has 3 rings (SSSR count). The standard InChI is InChI=1S/C24H34N4O3/c1-4-25-24(28-16-21-6-5-11-26-23(21)30-13-12-29-3)27-15-20-10-7-18(2)14-22(20)31-17-19-8-9-19/h5-7,10-11,14,19H,4,8-9,12-13,15-17H2,1-3H3,(H2,25,27,28). The summed E-state index contributed by atoms with van der Waals surface area (Å²) >= 11 is 0. The summed E-state index contributed by atoms with van der Waals surface area (Å²) in [7, 11) is 1.65. The lowest BCUT2D eigenvalue weighted by Gasteiger charge is -2.15. The van der Waals surface area contributed by atoms with Crippen LogP contribution in [0.3, 0.4) is 0 Å². The summed E-state index contributed by atoms with van der Waals surface area (Å²) < 4.78 is 16.9. The Morgan fingerprint density at radius 1 is 1.13 bits per heavy atom. The molecule has 0 aliphatic heterocycles. The number of nitrogens with zero attached hydrogens (tertiary/aromatic N) is 2. The molecular weight excluding hydrogens is 392 g/mol. The van der Waals surface area contributed by atoms with Gasteiger partial charge in [-0.1, -0.05) is 18.2 Å². The van der Waals surface area contributed by atoms with Crippen molar-refractivity contribution in [1.82, 2.24) is 15.6 Å². The number of methoxy groups -OCH3 is 1. The minimum atomic E-state index is 0.458. The number of guanidine groups is 1. The average molecular weight is 427 g/mol. The van der Waals surface area contributed by atoms with Crippen molar-refractivity contribution in [2.75, 3.05) is 33.5 Å². The Balaban J connectivity index is 1.63. The Morgan fingerprint density at radius 2 is 2.00 bits per heavy atom. The molecule has 31 heavy (non-hydrogen) atoms.